The molecule has 0 aliphatic carbocycles. The number of aromatic nitrogens is 2. The van der Waals surface area contributed by atoms with Crippen LogP contribution in [0.15, 0.2) is 27.8 Å². The average molecular weight is 274 g/mol. The zero-order valence-corrected chi connectivity index (χ0v) is 9.73. The van der Waals surface area contributed by atoms with Gasteiger partial charge in [-0.2, -0.15) is 0 Å². The van der Waals surface area contributed by atoms with E-state index in [1.807, 2.05) is 0 Å². The standard InChI is InChI=1S/C9H8FN2O5P/c10-5-1-2-7-6(3-5)11-8(13)9(14)12(7)4-18(15,16)17/h1-3H,4H2,(H,11,13)(H2,15,16,17). The van der Waals surface area contributed by atoms with Gasteiger partial charge in [0.15, 0.2) is 0 Å². The van der Waals surface area contributed by atoms with Crippen LogP contribution in [0.5, 0.6) is 0 Å². The number of fused-ring (bicyclic) bond motifs is 1. The van der Waals surface area contributed by atoms with Gasteiger partial charge in [0.25, 0.3) is 0 Å². The van der Waals surface area contributed by atoms with Gasteiger partial charge in [-0.25, -0.2) is 4.39 Å². The summed E-state index contributed by atoms with van der Waals surface area (Å²) in [7, 11) is -4.53. The number of benzene rings is 1. The van der Waals surface area contributed by atoms with Crippen LogP contribution in [0.25, 0.3) is 11.0 Å². The van der Waals surface area contributed by atoms with Gasteiger partial charge in [-0.05, 0) is 18.2 Å². The highest BCUT2D eigenvalue weighted by Gasteiger charge is 2.18. The second kappa shape index (κ2) is 4.16. The van der Waals surface area contributed by atoms with Crippen molar-refractivity contribution in [2.24, 2.45) is 0 Å². The molecule has 3 N–H and O–H groups in total. The molecule has 0 radical (unpaired) electrons. The van der Waals surface area contributed by atoms with Crippen LogP contribution in [-0.2, 0) is 10.9 Å². The summed E-state index contributed by atoms with van der Waals surface area (Å²) >= 11 is 0. The first kappa shape index (κ1) is 12.7. The Morgan fingerprint density at radius 1 is 1.33 bits per heavy atom. The van der Waals surface area contributed by atoms with Gasteiger partial charge >= 0.3 is 18.7 Å². The molecule has 0 spiro atoms. The summed E-state index contributed by atoms with van der Waals surface area (Å²) < 4.78 is 24.5. The number of rotatable bonds is 2. The Kier molecular flexibility index (Phi) is 2.94. The molecule has 18 heavy (non-hydrogen) atoms. The highest BCUT2D eigenvalue weighted by molar-refractivity contribution is 7.50. The Balaban J connectivity index is 2.85. The molecular formula is C9H8FN2O5P. The van der Waals surface area contributed by atoms with E-state index in [2.05, 4.69) is 4.98 Å². The predicted molar refractivity (Wildman–Crippen MR) is 60.8 cm³/mol. The Morgan fingerprint density at radius 3 is 2.61 bits per heavy atom. The fourth-order valence-corrected chi connectivity index (χ4v) is 2.23. The Bertz CT molecular complexity index is 775. The number of aromatic amines is 1. The highest BCUT2D eigenvalue weighted by atomic mass is 31.2. The van der Waals surface area contributed by atoms with Crippen LogP contribution >= 0.6 is 7.60 Å². The molecule has 0 aliphatic rings. The molecule has 2 rings (SSSR count). The van der Waals surface area contributed by atoms with E-state index < -0.39 is 30.8 Å². The van der Waals surface area contributed by atoms with Gasteiger partial charge in [0.2, 0.25) is 0 Å². The lowest BCUT2D eigenvalue weighted by Gasteiger charge is -2.10. The van der Waals surface area contributed by atoms with Crippen molar-refractivity contribution >= 4 is 18.6 Å². The van der Waals surface area contributed by atoms with Gasteiger partial charge in [0.1, 0.15) is 12.1 Å². The average Bonchev–Trinajstić information content (AvgIpc) is 2.23. The lowest BCUT2D eigenvalue weighted by Crippen LogP contribution is -2.36. The van der Waals surface area contributed by atoms with Crippen LogP contribution in [0, 0.1) is 5.82 Å². The molecule has 0 aliphatic heterocycles. The third kappa shape index (κ3) is 2.40. The molecule has 2 aromatic rings. The highest BCUT2D eigenvalue weighted by Crippen LogP contribution is 2.36. The van der Waals surface area contributed by atoms with Crippen LogP contribution in [0.2, 0.25) is 0 Å². The molecule has 1 heterocycles. The van der Waals surface area contributed by atoms with E-state index in [1.165, 1.54) is 0 Å². The monoisotopic (exact) mass is 274 g/mol. The molecule has 0 saturated carbocycles. The molecule has 7 nitrogen and oxygen atoms in total. The number of hydrogen-bond donors (Lipinski definition) is 3. The van der Waals surface area contributed by atoms with E-state index in [0.717, 1.165) is 18.2 Å². The van der Waals surface area contributed by atoms with Gasteiger partial charge < -0.3 is 14.8 Å². The van der Waals surface area contributed by atoms with E-state index in [0.29, 0.717) is 4.57 Å². The quantitative estimate of drug-likeness (QED) is 0.525. The summed E-state index contributed by atoms with van der Waals surface area (Å²) in [5, 5.41) is 0. The molecule has 0 bridgehead atoms. The van der Waals surface area contributed by atoms with E-state index in [1.54, 1.807) is 0 Å². The number of nitrogens with one attached hydrogen (secondary N) is 1. The maximum absolute atomic E-state index is 13.0. The van der Waals surface area contributed by atoms with Crippen molar-refractivity contribution < 1.29 is 18.7 Å². The number of H-pyrrole nitrogens is 1. The maximum Gasteiger partial charge on any atom is 0.345 e. The zero-order chi connectivity index (χ0) is 13.5. The van der Waals surface area contributed by atoms with Crippen molar-refractivity contribution in [3.8, 4) is 0 Å². The topological polar surface area (TPSA) is 112 Å². The summed E-state index contributed by atoms with van der Waals surface area (Å²) in [6.07, 6.45) is -0.933. The van der Waals surface area contributed by atoms with Crippen LogP contribution in [-0.4, -0.2) is 19.3 Å². The maximum atomic E-state index is 13.0. The fraction of sp³-hybridized carbons (Fsp3) is 0.111. The second-order valence-corrected chi connectivity index (χ2v) is 5.27. The minimum absolute atomic E-state index is 0.00644. The Morgan fingerprint density at radius 2 is 2.00 bits per heavy atom. The predicted octanol–water partition coefficient (Wildman–Crippen LogP) is -0.0359. The summed E-state index contributed by atoms with van der Waals surface area (Å²) in [6.45, 7) is 0. The van der Waals surface area contributed by atoms with Crippen molar-refractivity contribution in [2.75, 3.05) is 0 Å². The van der Waals surface area contributed by atoms with Gasteiger partial charge in [0.05, 0.1) is 11.0 Å². The van der Waals surface area contributed by atoms with E-state index >= 15 is 0 Å². The molecule has 1 aromatic carbocycles. The first-order chi connectivity index (χ1) is 8.28. The Hall–Kier alpha value is -1.76. The van der Waals surface area contributed by atoms with Gasteiger partial charge in [-0.3, -0.25) is 18.7 Å². The number of halogens is 1. The van der Waals surface area contributed by atoms with Crippen molar-refractivity contribution in [2.45, 2.75) is 6.29 Å². The number of nitrogens with zero attached hydrogens (tertiary/aromatic N) is 1. The smallest absolute Gasteiger partial charge is 0.323 e. The molecule has 0 atom stereocenters. The molecule has 0 fully saturated rings. The van der Waals surface area contributed by atoms with E-state index in [4.69, 9.17) is 9.79 Å². The van der Waals surface area contributed by atoms with Gasteiger partial charge in [-0.15, -0.1) is 0 Å². The summed E-state index contributed by atoms with van der Waals surface area (Å²) in [5.41, 5.74) is -2.13. The van der Waals surface area contributed by atoms with Crippen LogP contribution in [0.3, 0.4) is 0 Å². The third-order valence-electron chi connectivity index (χ3n) is 2.26. The lowest BCUT2D eigenvalue weighted by atomic mass is 10.3. The van der Waals surface area contributed by atoms with Crippen LogP contribution < -0.4 is 11.1 Å². The summed E-state index contributed by atoms with van der Waals surface area (Å²) in [6, 6.07) is 3.15. The largest absolute Gasteiger partial charge is 0.345 e. The molecule has 0 saturated heterocycles. The first-order valence-corrected chi connectivity index (χ1v) is 6.55. The molecule has 0 amide bonds. The zero-order valence-electron chi connectivity index (χ0n) is 8.83. The fourth-order valence-electron chi connectivity index (χ4n) is 1.58. The molecule has 96 valence electrons. The summed E-state index contributed by atoms with van der Waals surface area (Å²) in [4.78, 5) is 42.7. The minimum atomic E-state index is -4.53. The van der Waals surface area contributed by atoms with Crippen molar-refractivity contribution in [1.82, 2.24) is 9.55 Å². The van der Waals surface area contributed by atoms with Crippen molar-refractivity contribution in [1.29, 1.82) is 0 Å². The number of hydrogen-bond acceptors (Lipinski definition) is 3. The van der Waals surface area contributed by atoms with E-state index in [-0.39, 0.29) is 11.0 Å². The molecule has 9 heteroatoms. The molecule has 1 aromatic heterocycles. The second-order valence-electron chi connectivity index (χ2n) is 3.65. The minimum Gasteiger partial charge on any atom is -0.323 e. The molecule has 0 unspecified atom stereocenters. The van der Waals surface area contributed by atoms with Gasteiger partial charge in [0, 0.05) is 0 Å². The third-order valence-corrected chi connectivity index (χ3v) is 2.91. The van der Waals surface area contributed by atoms with E-state index in [9.17, 15) is 18.5 Å². The molecular weight excluding hydrogens is 266 g/mol. The van der Waals surface area contributed by atoms with Gasteiger partial charge in [-0.1, -0.05) is 0 Å². The SMILES string of the molecule is O=c1[nH]c2cc(F)ccc2n(CP(=O)(O)O)c1=O. The normalized spacial score (nSPS) is 11.9. The summed E-state index contributed by atoms with van der Waals surface area (Å²) in [5.74, 6) is -0.639. The Labute approximate surface area is 98.7 Å². The van der Waals surface area contributed by atoms with Crippen molar-refractivity contribution in [3.63, 3.8) is 0 Å². The van der Waals surface area contributed by atoms with Crippen LogP contribution in [0.4, 0.5) is 4.39 Å². The van der Waals surface area contributed by atoms with Crippen LogP contribution in [0.1, 0.15) is 0 Å². The lowest BCUT2D eigenvalue weighted by molar-refractivity contribution is 0.362. The first-order valence-electron chi connectivity index (χ1n) is 4.75. The van der Waals surface area contributed by atoms with Crippen molar-refractivity contribution in [3.05, 3.63) is 44.7 Å².